The average Bonchev–Trinajstić information content (AvgIpc) is 2.45. The van der Waals surface area contributed by atoms with Crippen molar-refractivity contribution in [1.82, 2.24) is 0 Å². The van der Waals surface area contributed by atoms with E-state index in [1.807, 2.05) is 43.7 Å². The lowest BCUT2D eigenvalue weighted by Gasteiger charge is -2.43. The summed E-state index contributed by atoms with van der Waals surface area (Å²) in [5.41, 5.74) is -0.104. The summed E-state index contributed by atoms with van der Waals surface area (Å²) in [5.74, 6) is 0. The first kappa shape index (κ1) is 17.8. The van der Waals surface area contributed by atoms with Gasteiger partial charge >= 0.3 is 0 Å². The molecule has 0 radical (unpaired) electrons. The fourth-order valence-electron chi connectivity index (χ4n) is 3.55. The van der Waals surface area contributed by atoms with Crippen molar-refractivity contribution >= 4 is 19.6 Å². The van der Waals surface area contributed by atoms with E-state index in [4.69, 9.17) is 0 Å². The van der Waals surface area contributed by atoms with Gasteiger partial charge in [0.1, 0.15) is 7.14 Å². The Bertz CT molecular complexity index is 635. The van der Waals surface area contributed by atoms with Crippen LogP contribution in [-0.2, 0) is 9.13 Å². The lowest BCUT2D eigenvalue weighted by Crippen LogP contribution is -2.38. The predicted molar refractivity (Wildman–Crippen MR) is 98.8 cm³/mol. The van der Waals surface area contributed by atoms with E-state index in [2.05, 4.69) is 32.9 Å². The summed E-state index contributed by atoms with van der Waals surface area (Å²) < 4.78 is 27.1. The molecule has 0 heterocycles. The van der Waals surface area contributed by atoms with E-state index < -0.39 is 14.3 Å². The molecule has 2 nitrogen and oxygen atoms in total. The predicted octanol–water partition coefficient (Wildman–Crippen LogP) is 5.18. The standard InChI is InChI=1S/C18H28O2P2/c1-18(2,3)22(20,15-11-7-6-8-12-15)17-14-10-9-13-16(17)21(4,5)19/h6-9,11-13,16-17H,10,14H2,1-5H3/t16-,17-,22?/m1/s1. The smallest absolute Gasteiger partial charge is 0.124 e. The zero-order chi connectivity index (χ0) is 16.6. The third-order valence-corrected chi connectivity index (χ3v) is 11.5. The van der Waals surface area contributed by atoms with E-state index in [0.29, 0.717) is 0 Å². The highest BCUT2D eigenvalue weighted by Crippen LogP contribution is 2.67. The maximum atomic E-state index is 14.3. The van der Waals surface area contributed by atoms with E-state index in [1.54, 1.807) is 0 Å². The van der Waals surface area contributed by atoms with Crippen molar-refractivity contribution in [1.29, 1.82) is 0 Å². The van der Waals surface area contributed by atoms with Crippen molar-refractivity contribution in [2.75, 3.05) is 13.3 Å². The minimum atomic E-state index is -2.71. The number of hydrogen-bond donors (Lipinski definition) is 0. The minimum absolute atomic E-state index is 0.0271. The highest BCUT2D eigenvalue weighted by atomic mass is 31.2. The molecule has 1 aromatic carbocycles. The van der Waals surface area contributed by atoms with Gasteiger partial charge in [0, 0.05) is 21.8 Å². The molecule has 22 heavy (non-hydrogen) atoms. The maximum absolute atomic E-state index is 14.3. The summed E-state index contributed by atoms with van der Waals surface area (Å²) in [6.45, 7) is 9.85. The fourth-order valence-corrected chi connectivity index (χ4v) is 10.4. The molecule has 1 aliphatic carbocycles. The van der Waals surface area contributed by atoms with Crippen LogP contribution in [0.15, 0.2) is 42.5 Å². The topological polar surface area (TPSA) is 34.1 Å². The van der Waals surface area contributed by atoms with Crippen LogP contribution in [0, 0.1) is 0 Å². The van der Waals surface area contributed by atoms with Crippen LogP contribution in [0.3, 0.4) is 0 Å². The SMILES string of the molecule is CC(C)(C)P(=O)(c1ccccc1)[C@@H]1CCC=C[C@H]1P(C)(C)=O. The molecule has 3 atom stereocenters. The normalized spacial score (nSPS) is 25.7. The molecule has 1 aromatic rings. The Labute approximate surface area is 135 Å². The van der Waals surface area contributed by atoms with Crippen molar-refractivity contribution in [3.8, 4) is 0 Å². The first-order valence-electron chi connectivity index (χ1n) is 7.95. The quantitative estimate of drug-likeness (QED) is 0.562. The van der Waals surface area contributed by atoms with Crippen LogP contribution in [0.2, 0.25) is 0 Å². The highest BCUT2D eigenvalue weighted by Gasteiger charge is 2.49. The first-order valence-corrected chi connectivity index (χ1v) is 12.4. The van der Waals surface area contributed by atoms with Gasteiger partial charge in [-0.1, -0.05) is 63.3 Å². The molecule has 4 heteroatoms. The second-order valence-corrected chi connectivity index (χ2v) is 15.0. The first-order chi connectivity index (χ1) is 10.1. The molecular weight excluding hydrogens is 310 g/mol. The van der Waals surface area contributed by atoms with Crippen LogP contribution < -0.4 is 5.30 Å². The zero-order valence-electron chi connectivity index (χ0n) is 14.3. The Balaban J connectivity index is 2.63. The van der Waals surface area contributed by atoms with E-state index in [1.165, 1.54) is 0 Å². The molecule has 0 bridgehead atoms. The van der Waals surface area contributed by atoms with Crippen molar-refractivity contribution in [3.05, 3.63) is 42.5 Å². The Morgan fingerprint density at radius 3 is 2.14 bits per heavy atom. The van der Waals surface area contributed by atoms with Crippen LogP contribution in [0.5, 0.6) is 0 Å². The van der Waals surface area contributed by atoms with E-state index in [-0.39, 0.29) is 16.5 Å². The van der Waals surface area contributed by atoms with Crippen LogP contribution in [0.4, 0.5) is 0 Å². The van der Waals surface area contributed by atoms with Gasteiger partial charge in [-0.15, -0.1) is 0 Å². The monoisotopic (exact) mass is 338 g/mol. The van der Waals surface area contributed by atoms with Gasteiger partial charge in [0.05, 0.1) is 7.14 Å². The van der Waals surface area contributed by atoms with Gasteiger partial charge in [0.2, 0.25) is 0 Å². The molecule has 0 aliphatic heterocycles. The molecule has 0 aromatic heterocycles. The molecule has 0 saturated carbocycles. The Hall–Kier alpha value is -0.580. The molecule has 1 unspecified atom stereocenters. The van der Waals surface area contributed by atoms with E-state index in [0.717, 1.165) is 18.1 Å². The molecule has 0 spiro atoms. The van der Waals surface area contributed by atoms with Crippen LogP contribution in [-0.4, -0.2) is 29.8 Å². The average molecular weight is 338 g/mol. The second-order valence-electron chi connectivity index (χ2n) is 7.66. The van der Waals surface area contributed by atoms with Crippen LogP contribution >= 0.6 is 14.3 Å². The Morgan fingerprint density at radius 1 is 1.05 bits per heavy atom. The van der Waals surface area contributed by atoms with Crippen LogP contribution in [0.25, 0.3) is 0 Å². The van der Waals surface area contributed by atoms with Crippen LogP contribution in [0.1, 0.15) is 33.6 Å². The van der Waals surface area contributed by atoms with E-state index in [9.17, 15) is 9.13 Å². The fraction of sp³-hybridized carbons (Fsp3) is 0.556. The summed E-state index contributed by atoms with van der Waals surface area (Å²) in [4.78, 5) is 0. The van der Waals surface area contributed by atoms with Gasteiger partial charge in [-0.3, -0.25) is 0 Å². The largest absolute Gasteiger partial charge is 0.323 e. The van der Waals surface area contributed by atoms with Gasteiger partial charge in [-0.05, 0) is 26.2 Å². The Morgan fingerprint density at radius 2 is 1.64 bits per heavy atom. The van der Waals surface area contributed by atoms with E-state index >= 15 is 0 Å². The summed E-state index contributed by atoms with van der Waals surface area (Å²) in [6.07, 6.45) is 5.96. The zero-order valence-corrected chi connectivity index (χ0v) is 16.1. The molecular formula is C18H28O2P2. The summed E-state index contributed by atoms with van der Waals surface area (Å²) in [6, 6.07) is 9.84. The highest BCUT2D eigenvalue weighted by molar-refractivity contribution is 7.75. The third-order valence-electron chi connectivity index (χ3n) is 4.68. The number of hydrogen-bond acceptors (Lipinski definition) is 2. The lowest BCUT2D eigenvalue weighted by atomic mass is 10.1. The maximum Gasteiger partial charge on any atom is 0.124 e. The van der Waals surface area contributed by atoms with Crippen molar-refractivity contribution in [3.63, 3.8) is 0 Å². The molecule has 122 valence electrons. The number of rotatable bonds is 3. The summed E-state index contributed by atoms with van der Waals surface area (Å²) >= 11 is 0. The number of allylic oxidation sites excluding steroid dienone is 2. The van der Waals surface area contributed by atoms with Gasteiger partial charge in [-0.2, -0.15) is 0 Å². The van der Waals surface area contributed by atoms with Crippen molar-refractivity contribution in [2.45, 2.75) is 50.1 Å². The van der Waals surface area contributed by atoms with Gasteiger partial charge in [-0.25, -0.2) is 0 Å². The van der Waals surface area contributed by atoms with Gasteiger partial charge < -0.3 is 9.13 Å². The molecule has 0 amide bonds. The van der Waals surface area contributed by atoms with Crippen molar-refractivity contribution in [2.24, 2.45) is 0 Å². The molecule has 1 aliphatic rings. The number of benzene rings is 1. The molecule has 0 fully saturated rings. The van der Waals surface area contributed by atoms with Gasteiger partial charge in [0.25, 0.3) is 0 Å². The lowest BCUT2D eigenvalue weighted by molar-refractivity contribution is 0.529. The van der Waals surface area contributed by atoms with Gasteiger partial charge in [0.15, 0.2) is 0 Å². The summed E-state index contributed by atoms with van der Waals surface area (Å²) in [7, 11) is -5.05. The summed E-state index contributed by atoms with van der Waals surface area (Å²) in [5, 5.41) is 0.596. The Kier molecular flexibility index (Phi) is 4.96. The molecule has 0 saturated heterocycles. The molecule has 2 rings (SSSR count). The second kappa shape index (κ2) is 6.14. The van der Waals surface area contributed by atoms with Crippen molar-refractivity contribution < 1.29 is 9.13 Å². The molecule has 0 N–H and O–H groups in total. The third kappa shape index (κ3) is 3.19. The minimum Gasteiger partial charge on any atom is -0.323 e.